The summed E-state index contributed by atoms with van der Waals surface area (Å²) in [5, 5.41) is 9.86. The lowest BCUT2D eigenvalue weighted by Gasteiger charge is -2.17. The molecule has 0 aromatic heterocycles. The van der Waals surface area contributed by atoms with Gasteiger partial charge in [-0.3, -0.25) is 0 Å². The summed E-state index contributed by atoms with van der Waals surface area (Å²) < 4.78 is 0. The van der Waals surface area contributed by atoms with Crippen LogP contribution in [0.25, 0.3) is 0 Å². The number of aryl methyl sites for hydroxylation is 2. The van der Waals surface area contributed by atoms with Crippen LogP contribution < -0.4 is 0 Å². The molecule has 1 aromatic rings. The van der Waals surface area contributed by atoms with Crippen LogP contribution in [0.2, 0.25) is 0 Å². The van der Waals surface area contributed by atoms with Crippen LogP contribution in [0.15, 0.2) is 18.2 Å². The largest absolute Gasteiger partial charge is 0.392 e. The first kappa shape index (κ1) is 9.72. The van der Waals surface area contributed by atoms with Gasteiger partial charge in [-0.1, -0.05) is 30.2 Å². The van der Waals surface area contributed by atoms with Crippen molar-refractivity contribution in [2.24, 2.45) is 0 Å². The molecule has 0 radical (unpaired) electrons. The average Bonchev–Trinajstić information content (AvgIpc) is 2.56. The van der Waals surface area contributed by atoms with Crippen LogP contribution in [0.1, 0.15) is 41.9 Å². The highest BCUT2D eigenvalue weighted by Crippen LogP contribution is 2.36. The summed E-state index contributed by atoms with van der Waals surface area (Å²) in [4.78, 5) is 0. The van der Waals surface area contributed by atoms with E-state index in [1.807, 2.05) is 0 Å². The summed E-state index contributed by atoms with van der Waals surface area (Å²) in [7, 11) is 0. The maximum absolute atomic E-state index is 9.86. The minimum atomic E-state index is -0.115. The molecule has 1 saturated carbocycles. The van der Waals surface area contributed by atoms with E-state index >= 15 is 0 Å². The van der Waals surface area contributed by atoms with Crippen LogP contribution >= 0.6 is 0 Å². The standard InChI is InChI=1S/C13H18O/c1-9-6-7-10(2)12(8-9)11-4-3-5-13(11)14/h6-8,11,13-14H,3-5H2,1-2H3/t11-,13+/m0/s1. The second kappa shape index (κ2) is 3.74. The van der Waals surface area contributed by atoms with Gasteiger partial charge in [0.15, 0.2) is 0 Å². The lowest BCUT2D eigenvalue weighted by atomic mass is 9.91. The number of hydrogen-bond acceptors (Lipinski definition) is 1. The maximum Gasteiger partial charge on any atom is 0.0608 e. The van der Waals surface area contributed by atoms with Gasteiger partial charge in [0, 0.05) is 5.92 Å². The fraction of sp³-hybridized carbons (Fsp3) is 0.538. The predicted octanol–water partition coefficient (Wildman–Crippen LogP) is 2.93. The molecule has 0 saturated heterocycles. The summed E-state index contributed by atoms with van der Waals surface area (Å²) in [5.74, 6) is 0.384. The second-order valence-electron chi connectivity index (χ2n) is 4.46. The summed E-state index contributed by atoms with van der Waals surface area (Å²) in [5.41, 5.74) is 3.97. The monoisotopic (exact) mass is 190 g/mol. The van der Waals surface area contributed by atoms with Crippen LogP contribution in [-0.4, -0.2) is 11.2 Å². The zero-order chi connectivity index (χ0) is 10.1. The van der Waals surface area contributed by atoms with E-state index in [9.17, 15) is 5.11 Å². The van der Waals surface area contributed by atoms with E-state index in [2.05, 4.69) is 32.0 Å². The van der Waals surface area contributed by atoms with Crippen molar-refractivity contribution in [2.75, 3.05) is 0 Å². The Bertz CT molecular complexity index is 330. The summed E-state index contributed by atoms with van der Waals surface area (Å²) in [6, 6.07) is 6.53. The highest BCUT2D eigenvalue weighted by Gasteiger charge is 2.27. The molecular formula is C13H18O. The number of benzene rings is 1. The molecule has 76 valence electrons. The molecule has 0 bridgehead atoms. The van der Waals surface area contributed by atoms with Gasteiger partial charge in [0.25, 0.3) is 0 Å². The molecule has 2 rings (SSSR count). The van der Waals surface area contributed by atoms with Gasteiger partial charge in [0.2, 0.25) is 0 Å². The molecule has 0 unspecified atom stereocenters. The van der Waals surface area contributed by atoms with Crippen LogP contribution in [-0.2, 0) is 0 Å². The van der Waals surface area contributed by atoms with Crippen molar-refractivity contribution in [1.29, 1.82) is 0 Å². The topological polar surface area (TPSA) is 20.2 Å². The fourth-order valence-corrected chi connectivity index (χ4v) is 2.46. The van der Waals surface area contributed by atoms with Gasteiger partial charge in [0.05, 0.1) is 6.10 Å². The molecule has 2 atom stereocenters. The second-order valence-corrected chi connectivity index (χ2v) is 4.46. The van der Waals surface area contributed by atoms with Crippen molar-refractivity contribution < 1.29 is 5.11 Å². The molecule has 1 aliphatic carbocycles. The van der Waals surface area contributed by atoms with Crippen molar-refractivity contribution in [1.82, 2.24) is 0 Å². The first-order valence-electron chi connectivity index (χ1n) is 5.43. The third-order valence-corrected chi connectivity index (χ3v) is 3.31. The van der Waals surface area contributed by atoms with Crippen LogP contribution in [0.5, 0.6) is 0 Å². The van der Waals surface area contributed by atoms with Gasteiger partial charge >= 0.3 is 0 Å². The van der Waals surface area contributed by atoms with Gasteiger partial charge in [0.1, 0.15) is 0 Å². The third kappa shape index (κ3) is 1.69. The first-order chi connectivity index (χ1) is 6.68. The van der Waals surface area contributed by atoms with Gasteiger partial charge < -0.3 is 5.11 Å². The quantitative estimate of drug-likeness (QED) is 0.722. The molecule has 0 spiro atoms. The highest BCUT2D eigenvalue weighted by atomic mass is 16.3. The lowest BCUT2D eigenvalue weighted by Crippen LogP contribution is -2.12. The molecule has 1 heteroatoms. The Balaban J connectivity index is 2.34. The van der Waals surface area contributed by atoms with Gasteiger partial charge in [-0.25, -0.2) is 0 Å². The average molecular weight is 190 g/mol. The van der Waals surface area contributed by atoms with Crippen LogP contribution in [0.4, 0.5) is 0 Å². The van der Waals surface area contributed by atoms with Crippen LogP contribution in [0.3, 0.4) is 0 Å². The molecule has 0 heterocycles. The number of rotatable bonds is 1. The van der Waals surface area contributed by atoms with Crippen molar-refractivity contribution in [2.45, 2.75) is 45.1 Å². The van der Waals surface area contributed by atoms with E-state index in [4.69, 9.17) is 0 Å². The molecule has 1 aliphatic rings. The van der Waals surface area contributed by atoms with E-state index in [-0.39, 0.29) is 6.10 Å². The Labute approximate surface area is 85.8 Å². The number of aliphatic hydroxyl groups excluding tert-OH is 1. The fourth-order valence-electron chi connectivity index (χ4n) is 2.46. The molecule has 1 N–H and O–H groups in total. The SMILES string of the molecule is Cc1ccc(C)c([C@@H]2CCC[C@H]2O)c1. The van der Waals surface area contributed by atoms with Crippen LogP contribution in [0, 0.1) is 13.8 Å². The molecular weight excluding hydrogens is 172 g/mol. The third-order valence-electron chi connectivity index (χ3n) is 3.31. The van der Waals surface area contributed by atoms with Gasteiger partial charge in [-0.2, -0.15) is 0 Å². The zero-order valence-electron chi connectivity index (χ0n) is 8.96. The molecule has 0 amide bonds. The molecule has 0 aliphatic heterocycles. The molecule has 1 nitrogen and oxygen atoms in total. The zero-order valence-corrected chi connectivity index (χ0v) is 8.96. The smallest absolute Gasteiger partial charge is 0.0608 e. The van der Waals surface area contributed by atoms with E-state index in [1.54, 1.807) is 0 Å². The first-order valence-corrected chi connectivity index (χ1v) is 5.43. The molecule has 14 heavy (non-hydrogen) atoms. The highest BCUT2D eigenvalue weighted by molar-refractivity contribution is 5.34. The lowest BCUT2D eigenvalue weighted by molar-refractivity contribution is 0.163. The van der Waals surface area contributed by atoms with Crippen molar-refractivity contribution >= 4 is 0 Å². The predicted molar refractivity (Wildman–Crippen MR) is 58.5 cm³/mol. The van der Waals surface area contributed by atoms with Gasteiger partial charge in [-0.15, -0.1) is 0 Å². The Morgan fingerprint density at radius 2 is 2.00 bits per heavy atom. The molecule has 1 fully saturated rings. The molecule has 1 aromatic carbocycles. The summed E-state index contributed by atoms with van der Waals surface area (Å²) in [6.45, 7) is 4.25. The summed E-state index contributed by atoms with van der Waals surface area (Å²) in [6.07, 6.45) is 3.17. The Hall–Kier alpha value is -0.820. The Morgan fingerprint density at radius 1 is 1.21 bits per heavy atom. The van der Waals surface area contributed by atoms with Crippen molar-refractivity contribution in [3.05, 3.63) is 34.9 Å². The van der Waals surface area contributed by atoms with Gasteiger partial charge in [-0.05, 0) is 37.8 Å². The summed E-state index contributed by atoms with van der Waals surface area (Å²) >= 11 is 0. The van der Waals surface area contributed by atoms with Crippen molar-refractivity contribution in [3.63, 3.8) is 0 Å². The number of hydrogen-bond donors (Lipinski definition) is 1. The Morgan fingerprint density at radius 3 is 2.64 bits per heavy atom. The minimum absolute atomic E-state index is 0.115. The van der Waals surface area contributed by atoms with E-state index in [0.717, 1.165) is 12.8 Å². The van der Waals surface area contributed by atoms with E-state index < -0.39 is 0 Å². The Kier molecular flexibility index (Phi) is 2.60. The van der Waals surface area contributed by atoms with E-state index in [1.165, 1.54) is 23.1 Å². The normalized spacial score (nSPS) is 26.8. The maximum atomic E-state index is 9.86. The van der Waals surface area contributed by atoms with E-state index in [0.29, 0.717) is 5.92 Å². The van der Waals surface area contributed by atoms with Crippen molar-refractivity contribution in [3.8, 4) is 0 Å². The number of aliphatic hydroxyl groups is 1. The minimum Gasteiger partial charge on any atom is -0.392 e.